The van der Waals surface area contributed by atoms with E-state index >= 15 is 0 Å². The fraction of sp³-hybridized carbons (Fsp3) is 0.412. The summed E-state index contributed by atoms with van der Waals surface area (Å²) >= 11 is 0. The van der Waals surface area contributed by atoms with Gasteiger partial charge in [-0.2, -0.15) is 5.26 Å². The summed E-state index contributed by atoms with van der Waals surface area (Å²) < 4.78 is 15.9. The van der Waals surface area contributed by atoms with Gasteiger partial charge in [0.25, 0.3) is 5.91 Å². The third kappa shape index (κ3) is 4.47. The largest absolute Gasteiger partial charge is 0.497 e. The van der Waals surface area contributed by atoms with Crippen LogP contribution in [0, 0.1) is 11.3 Å². The number of benzene rings is 1. The van der Waals surface area contributed by atoms with Crippen LogP contribution in [0.3, 0.4) is 0 Å². The smallest absolute Gasteiger partial charge is 0.262 e. The molecule has 1 fully saturated rings. The number of hydrogen-bond donors (Lipinski definition) is 1. The zero-order chi connectivity index (χ0) is 16.7. The topological polar surface area (TPSA) is 80.6 Å². The van der Waals surface area contributed by atoms with E-state index in [4.69, 9.17) is 14.2 Å². The Balaban J connectivity index is 2.13. The molecule has 0 aromatic heterocycles. The molecule has 122 valence electrons. The summed E-state index contributed by atoms with van der Waals surface area (Å²) in [7, 11) is 3.08. The van der Waals surface area contributed by atoms with Gasteiger partial charge in [0.15, 0.2) is 0 Å². The average molecular weight is 316 g/mol. The molecule has 1 aromatic rings. The number of nitrogens with one attached hydrogen (secondary N) is 1. The van der Waals surface area contributed by atoms with Gasteiger partial charge >= 0.3 is 0 Å². The van der Waals surface area contributed by atoms with E-state index in [1.54, 1.807) is 25.3 Å². The summed E-state index contributed by atoms with van der Waals surface area (Å²) in [5, 5.41) is 12.0. The van der Waals surface area contributed by atoms with Gasteiger partial charge in [0.1, 0.15) is 23.1 Å². The highest BCUT2D eigenvalue weighted by Crippen LogP contribution is 2.26. The Labute approximate surface area is 135 Å². The van der Waals surface area contributed by atoms with Gasteiger partial charge in [-0.25, -0.2) is 0 Å². The molecule has 0 aliphatic carbocycles. The summed E-state index contributed by atoms with van der Waals surface area (Å²) in [4.78, 5) is 12.2. The number of ether oxygens (including phenoxy) is 3. The molecule has 1 atom stereocenters. The van der Waals surface area contributed by atoms with Crippen molar-refractivity contribution in [3.8, 4) is 17.6 Å². The molecule has 1 amide bonds. The Morgan fingerprint density at radius 2 is 2.30 bits per heavy atom. The Kier molecular flexibility index (Phi) is 6.01. The highest BCUT2D eigenvalue weighted by atomic mass is 16.5. The predicted octanol–water partition coefficient (Wildman–Crippen LogP) is 1.91. The van der Waals surface area contributed by atoms with Crippen LogP contribution in [0.5, 0.6) is 11.5 Å². The molecule has 1 N–H and O–H groups in total. The third-order valence-corrected chi connectivity index (χ3v) is 3.62. The van der Waals surface area contributed by atoms with Crippen LogP contribution in [0.25, 0.3) is 6.08 Å². The van der Waals surface area contributed by atoms with Crippen molar-refractivity contribution in [2.75, 3.05) is 27.4 Å². The first-order chi connectivity index (χ1) is 11.2. The van der Waals surface area contributed by atoms with E-state index in [1.807, 2.05) is 6.07 Å². The Morgan fingerprint density at radius 1 is 1.48 bits per heavy atom. The second-order valence-corrected chi connectivity index (χ2v) is 5.12. The summed E-state index contributed by atoms with van der Waals surface area (Å²) in [6.45, 7) is 1.13. The quantitative estimate of drug-likeness (QED) is 0.640. The third-order valence-electron chi connectivity index (χ3n) is 3.62. The van der Waals surface area contributed by atoms with Crippen LogP contribution in [0.4, 0.5) is 0 Å². The van der Waals surface area contributed by atoms with Gasteiger partial charge in [-0.05, 0) is 37.1 Å². The van der Waals surface area contributed by atoms with E-state index in [2.05, 4.69) is 5.32 Å². The van der Waals surface area contributed by atoms with Crippen LogP contribution in [-0.4, -0.2) is 39.4 Å². The zero-order valence-corrected chi connectivity index (χ0v) is 13.3. The van der Waals surface area contributed by atoms with Crippen LogP contribution >= 0.6 is 0 Å². The van der Waals surface area contributed by atoms with E-state index in [9.17, 15) is 10.1 Å². The summed E-state index contributed by atoms with van der Waals surface area (Å²) in [5.41, 5.74) is 0.616. The monoisotopic (exact) mass is 316 g/mol. The number of methoxy groups -OCH3 is 2. The van der Waals surface area contributed by atoms with Crippen LogP contribution in [0.15, 0.2) is 23.8 Å². The molecule has 1 heterocycles. The van der Waals surface area contributed by atoms with Crippen molar-refractivity contribution in [3.05, 3.63) is 29.3 Å². The van der Waals surface area contributed by atoms with Crippen molar-refractivity contribution in [2.24, 2.45) is 0 Å². The Morgan fingerprint density at radius 3 is 2.91 bits per heavy atom. The van der Waals surface area contributed by atoms with Crippen molar-refractivity contribution < 1.29 is 19.0 Å². The Bertz CT molecular complexity index is 628. The van der Waals surface area contributed by atoms with Crippen molar-refractivity contribution >= 4 is 12.0 Å². The normalized spacial score (nSPS) is 17.4. The van der Waals surface area contributed by atoms with Crippen LogP contribution < -0.4 is 14.8 Å². The number of nitriles is 1. The molecule has 6 heteroatoms. The van der Waals surface area contributed by atoms with Gasteiger partial charge in [0.2, 0.25) is 0 Å². The van der Waals surface area contributed by atoms with Gasteiger partial charge < -0.3 is 19.5 Å². The SMILES string of the molecule is COc1ccc(OC)c(/C=C(\C#N)C(=O)NCC2CCCO2)c1. The lowest BCUT2D eigenvalue weighted by Crippen LogP contribution is -2.32. The molecule has 23 heavy (non-hydrogen) atoms. The molecular weight excluding hydrogens is 296 g/mol. The van der Waals surface area contributed by atoms with Crippen LogP contribution in [-0.2, 0) is 9.53 Å². The molecule has 2 rings (SSSR count). The fourth-order valence-electron chi connectivity index (χ4n) is 2.36. The number of carbonyl (C=O) groups excluding carboxylic acids is 1. The Hall–Kier alpha value is -2.52. The second-order valence-electron chi connectivity index (χ2n) is 5.12. The van der Waals surface area contributed by atoms with Gasteiger partial charge in [0, 0.05) is 18.7 Å². The number of amides is 1. The van der Waals surface area contributed by atoms with E-state index in [1.165, 1.54) is 13.2 Å². The van der Waals surface area contributed by atoms with E-state index < -0.39 is 5.91 Å². The molecule has 1 unspecified atom stereocenters. The molecule has 0 bridgehead atoms. The van der Waals surface area contributed by atoms with Crippen LogP contribution in [0.1, 0.15) is 18.4 Å². The summed E-state index contributed by atoms with van der Waals surface area (Å²) in [5.74, 6) is 0.757. The highest BCUT2D eigenvalue weighted by molar-refractivity contribution is 6.02. The van der Waals surface area contributed by atoms with Crippen molar-refractivity contribution in [2.45, 2.75) is 18.9 Å². The van der Waals surface area contributed by atoms with Gasteiger partial charge in [-0.3, -0.25) is 4.79 Å². The highest BCUT2D eigenvalue weighted by Gasteiger charge is 2.18. The number of rotatable bonds is 6. The first kappa shape index (κ1) is 16.8. The minimum Gasteiger partial charge on any atom is -0.497 e. The minimum atomic E-state index is -0.423. The first-order valence-electron chi connectivity index (χ1n) is 7.41. The number of nitrogens with zero attached hydrogens (tertiary/aromatic N) is 1. The molecule has 1 aromatic carbocycles. The number of carbonyl (C=O) groups is 1. The van der Waals surface area contributed by atoms with Gasteiger partial charge in [0.05, 0.1) is 20.3 Å². The molecule has 1 aliphatic rings. The van der Waals surface area contributed by atoms with Crippen molar-refractivity contribution in [1.29, 1.82) is 5.26 Å². The van der Waals surface area contributed by atoms with E-state index in [0.29, 0.717) is 23.6 Å². The maximum absolute atomic E-state index is 12.2. The molecule has 6 nitrogen and oxygen atoms in total. The second kappa shape index (κ2) is 8.20. The lowest BCUT2D eigenvalue weighted by Gasteiger charge is -2.11. The lowest BCUT2D eigenvalue weighted by atomic mass is 10.1. The maximum atomic E-state index is 12.2. The summed E-state index contributed by atoms with van der Waals surface area (Å²) in [6.07, 6.45) is 3.45. The van der Waals surface area contributed by atoms with Crippen molar-refractivity contribution in [3.63, 3.8) is 0 Å². The van der Waals surface area contributed by atoms with E-state index in [-0.39, 0.29) is 11.7 Å². The molecule has 1 saturated heterocycles. The molecular formula is C17H20N2O4. The average Bonchev–Trinajstić information content (AvgIpc) is 3.10. The standard InChI is InChI=1S/C17H20N2O4/c1-21-14-5-6-16(22-2)12(9-14)8-13(10-18)17(20)19-11-15-4-3-7-23-15/h5-6,8-9,15H,3-4,7,11H2,1-2H3,(H,19,20)/b13-8+. The maximum Gasteiger partial charge on any atom is 0.262 e. The molecule has 0 saturated carbocycles. The molecule has 1 aliphatic heterocycles. The fourth-order valence-corrected chi connectivity index (χ4v) is 2.36. The molecule has 0 spiro atoms. The van der Waals surface area contributed by atoms with Gasteiger partial charge in [-0.1, -0.05) is 0 Å². The minimum absolute atomic E-state index is 0.00884. The first-order valence-corrected chi connectivity index (χ1v) is 7.41. The number of hydrogen-bond acceptors (Lipinski definition) is 5. The van der Waals surface area contributed by atoms with Crippen molar-refractivity contribution in [1.82, 2.24) is 5.32 Å². The van der Waals surface area contributed by atoms with E-state index in [0.717, 1.165) is 19.4 Å². The predicted molar refractivity (Wildman–Crippen MR) is 85.1 cm³/mol. The zero-order valence-electron chi connectivity index (χ0n) is 13.3. The summed E-state index contributed by atoms with van der Waals surface area (Å²) in [6, 6.07) is 7.11. The van der Waals surface area contributed by atoms with Gasteiger partial charge in [-0.15, -0.1) is 0 Å². The lowest BCUT2D eigenvalue weighted by molar-refractivity contribution is -0.117. The van der Waals surface area contributed by atoms with Crippen LogP contribution in [0.2, 0.25) is 0 Å². The molecule has 0 radical (unpaired) electrons.